The van der Waals surface area contributed by atoms with E-state index in [4.69, 9.17) is 0 Å². The van der Waals surface area contributed by atoms with Crippen LogP contribution in [0, 0.1) is 19.7 Å². The number of sulfonamides is 1. The topological polar surface area (TPSA) is 104 Å². The zero-order chi connectivity index (χ0) is 23.3. The molecule has 9 heteroatoms. The van der Waals surface area contributed by atoms with Gasteiger partial charge in [0.1, 0.15) is 5.82 Å². The van der Waals surface area contributed by atoms with E-state index < -0.39 is 21.7 Å². The lowest BCUT2D eigenvalue weighted by Gasteiger charge is -2.11. The number of nitrogens with one attached hydrogen (secondary N) is 3. The van der Waals surface area contributed by atoms with Gasteiger partial charge in [-0.15, -0.1) is 0 Å². The van der Waals surface area contributed by atoms with Crippen LogP contribution in [0.3, 0.4) is 0 Å². The Balaban J connectivity index is 1.60. The number of para-hydroxylation sites is 1. The highest BCUT2D eigenvalue weighted by Gasteiger charge is 2.17. The van der Waals surface area contributed by atoms with Gasteiger partial charge in [-0.3, -0.25) is 14.3 Å². The maximum absolute atomic E-state index is 13.7. The lowest BCUT2D eigenvalue weighted by Crippen LogP contribution is -2.33. The third-order valence-corrected chi connectivity index (χ3v) is 6.21. The Morgan fingerprint density at radius 1 is 0.875 bits per heavy atom. The number of aryl methyl sites for hydroxylation is 1. The first-order valence-corrected chi connectivity index (χ1v) is 11.2. The van der Waals surface area contributed by atoms with Crippen molar-refractivity contribution >= 4 is 33.2 Å². The van der Waals surface area contributed by atoms with Gasteiger partial charge >= 0.3 is 0 Å². The van der Waals surface area contributed by atoms with E-state index in [-0.39, 0.29) is 28.6 Å². The summed E-state index contributed by atoms with van der Waals surface area (Å²) in [6.07, 6.45) is 0. The fourth-order valence-corrected chi connectivity index (χ4v) is 3.94. The van der Waals surface area contributed by atoms with Crippen LogP contribution in [-0.4, -0.2) is 26.8 Å². The van der Waals surface area contributed by atoms with Gasteiger partial charge in [0.05, 0.1) is 17.1 Å². The second kappa shape index (κ2) is 9.61. The summed E-state index contributed by atoms with van der Waals surface area (Å²) in [6, 6.07) is 16.0. The number of rotatable bonds is 7. The Morgan fingerprint density at radius 2 is 1.53 bits per heavy atom. The summed E-state index contributed by atoms with van der Waals surface area (Å²) < 4.78 is 40.8. The zero-order valence-corrected chi connectivity index (χ0v) is 18.3. The van der Waals surface area contributed by atoms with Crippen LogP contribution >= 0.6 is 0 Å². The monoisotopic (exact) mass is 455 g/mol. The molecule has 0 fully saturated rings. The number of halogens is 1. The van der Waals surface area contributed by atoms with Crippen molar-refractivity contribution in [2.24, 2.45) is 0 Å². The molecular formula is C23H22FN3O4S. The number of carbonyl (C=O) groups is 2. The average Bonchev–Trinajstić information content (AvgIpc) is 2.77. The Kier molecular flexibility index (Phi) is 6.89. The molecule has 2 amide bonds. The van der Waals surface area contributed by atoms with Gasteiger partial charge in [-0.1, -0.05) is 24.3 Å². The molecule has 0 spiro atoms. The largest absolute Gasteiger partial charge is 0.343 e. The van der Waals surface area contributed by atoms with Crippen molar-refractivity contribution in [1.82, 2.24) is 5.32 Å². The Morgan fingerprint density at radius 3 is 2.22 bits per heavy atom. The third-order valence-electron chi connectivity index (χ3n) is 4.83. The van der Waals surface area contributed by atoms with Crippen molar-refractivity contribution in [3.05, 3.63) is 89.2 Å². The molecule has 3 N–H and O–H groups in total. The number of amides is 2. The normalized spacial score (nSPS) is 11.0. The molecule has 0 bridgehead atoms. The highest BCUT2D eigenvalue weighted by Crippen LogP contribution is 2.19. The van der Waals surface area contributed by atoms with Gasteiger partial charge in [0.25, 0.3) is 15.9 Å². The van der Waals surface area contributed by atoms with Gasteiger partial charge in [-0.25, -0.2) is 12.8 Å². The maximum atomic E-state index is 13.7. The van der Waals surface area contributed by atoms with E-state index in [1.165, 1.54) is 42.5 Å². The minimum atomic E-state index is -4.03. The van der Waals surface area contributed by atoms with Crippen LogP contribution in [0.5, 0.6) is 0 Å². The summed E-state index contributed by atoms with van der Waals surface area (Å²) in [6.45, 7) is 3.57. The molecule has 3 rings (SSSR count). The van der Waals surface area contributed by atoms with Gasteiger partial charge in [0.2, 0.25) is 5.91 Å². The minimum absolute atomic E-state index is 0.134. The van der Waals surface area contributed by atoms with Crippen LogP contribution in [0.15, 0.2) is 71.6 Å². The number of benzene rings is 3. The van der Waals surface area contributed by atoms with E-state index in [1.807, 2.05) is 26.0 Å². The molecule has 0 aromatic heterocycles. The first kappa shape index (κ1) is 23.0. The zero-order valence-electron chi connectivity index (χ0n) is 17.5. The van der Waals surface area contributed by atoms with Gasteiger partial charge in [-0.05, 0) is 67.4 Å². The maximum Gasteiger partial charge on any atom is 0.261 e. The Labute approximate surface area is 185 Å². The number of hydrogen-bond donors (Lipinski definition) is 3. The predicted molar refractivity (Wildman–Crippen MR) is 121 cm³/mol. The molecule has 0 aliphatic carbocycles. The quantitative estimate of drug-likeness (QED) is 0.506. The van der Waals surface area contributed by atoms with Crippen molar-refractivity contribution in [3.63, 3.8) is 0 Å². The predicted octanol–water partition coefficient (Wildman–Crippen LogP) is 3.61. The minimum Gasteiger partial charge on any atom is -0.343 e. The van der Waals surface area contributed by atoms with E-state index in [1.54, 1.807) is 6.07 Å². The van der Waals surface area contributed by atoms with Crippen LogP contribution in [-0.2, 0) is 14.8 Å². The second-order valence-corrected chi connectivity index (χ2v) is 8.77. The average molecular weight is 456 g/mol. The molecule has 0 aliphatic rings. The van der Waals surface area contributed by atoms with E-state index in [2.05, 4.69) is 15.4 Å². The molecule has 0 atom stereocenters. The summed E-state index contributed by atoms with van der Waals surface area (Å²) in [5, 5.41) is 5.24. The lowest BCUT2D eigenvalue weighted by atomic mass is 10.1. The first-order valence-electron chi connectivity index (χ1n) is 9.69. The van der Waals surface area contributed by atoms with Crippen molar-refractivity contribution in [2.45, 2.75) is 18.7 Å². The first-order chi connectivity index (χ1) is 15.2. The Bertz CT molecular complexity index is 1260. The second-order valence-electron chi connectivity index (χ2n) is 7.09. The molecule has 166 valence electrons. The van der Waals surface area contributed by atoms with Crippen molar-refractivity contribution in [2.75, 3.05) is 16.6 Å². The van der Waals surface area contributed by atoms with Crippen molar-refractivity contribution < 1.29 is 22.4 Å². The van der Waals surface area contributed by atoms with Crippen LogP contribution in [0.1, 0.15) is 21.5 Å². The molecule has 0 aliphatic heterocycles. The molecule has 3 aromatic rings. The molecule has 32 heavy (non-hydrogen) atoms. The van der Waals surface area contributed by atoms with E-state index in [9.17, 15) is 22.4 Å². The summed E-state index contributed by atoms with van der Waals surface area (Å²) in [7, 11) is -4.03. The molecule has 0 heterocycles. The highest BCUT2D eigenvalue weighted by atomic mass is 32.2. The molecule has 0 saturated carbocycles. The number of anilines is 2. The molecule has 7 nitrogen and oxygen atoms in total. The fraction of sp³-hybridized carbons (Fsp3) is 0.130. The lowest BCUT2D eigenvalue weighted by molar-refractivity contribution is -0.115. The SMILES string of the molecule is Cc1cccc(NC(=O)CNC(=O)c2ccc(S(=O)(=O)Nc3ccccc3F)cc2)c1C. The van der Waals surface area contributed by atoms with Crippen LogP contribution in [0.2, 0.25) is 0 Å². The third kappa shape index (κ3) is 5.50. The summed E-state index contributed by atoms with van der Waals surface area (Å²) in [5.41, 5.74) is 2.64. The van der Waals surface area contributed by atoms with Crippen LogP contribution < -0.4 is 15.4 Å². The number of hydrogen-bond acceptors (Lipinski definition) is 4. The highest BCUT2D eigenvalue weighted by molar-refractivity contribution is 7.92. The summed E-state index contributed by atoms with van der Waals surface area (Å²) >= 11 is 0. The summed E-state index contributed by atoms with van der Waals surface area (Å²) in [5.74, 6) is -1.63. The molecule has 0 radical (unpaired) electrons. The van der Waals surface area contributed by atoms with E-state index in [0.29, 0.717) is 5.69 Å². The Hall–Kier alpha value is -3.72. The van der Waals surface area contributed by atoms with Crippen molar-refractivity contribution in [3.8, 4) is 0 Å². The molecule has 0 unspecified atom stereocenters. The van der Waals surface area contributed by atoms with Gasteiger partial charge in [-0.2, -0.15) is 0 Å². The molecular weight excluding hydrogens is 433 g/mol. The van der Waals surface area contributed by atoms with E-state index >= 15 is 0 Å². The standard InChI is InChI=1S/C23H22FN3O4S/c1-15-6-5-9-20(16(15)2)26-22(28)14-25-23(29)17-10-12-18(13-11-17)32(30,31)27-21-8-4-3-7-19(21)24/h3-13,27H,14H2,1-2H3,(H,25,29)(H,26,28). The van der Waals surface area contributed by atoms with Crippen molar-refractivity contribution in [1.29, 1.82) is 0 Å². The van der Waals surface area contributed by atoms with Crippen LogP contribution in [0.4, 0.5) is 15.8 Å². The van der Waals surface area contributed by atoms with Gasteiger partial charge in [0.15, 0.2) is 0 Å². The van der Waals surface area contributed by atoms with Gasteiger partial charge in [0, 0.05) is 11.3 Å². The number of carbonyl (C=O) groups excluding carboxylic acids is 2. The van der Waals surface area contributed by atoms with Crippen LogP contribution in [0.25, 0.3) is 0 Å². The molecule has 3 aromatic carbocycles. The van der Waals surface area contributed by atoms with E-state index in [0.717, 1.165) is 17.2 Å². The smallest absolute Gasteiger partial charge is 0.261 e. The van der Waals surface area contributed by atoms with Gasteiger partial charge < -0.3 is 10.6 Å². The molecule has 0 saturated heterocycles. The fourth-order valence-electron chi connectivity index (χ4n) is 2.88. The summed E-state index contributed by atoms with van der Waals surface area (Å²) in [4.78, 5) is 24.3.